The summed E-state index contributed by atoms with van der Waals surface area (Å²) < 4.78 is 0. The number of carboxylic acids is 1. The summed E-state index contributed by atoms with van der Waals surface area (Å²) in [6.45, 7) is 7.17. The first-order chi connectivity index (χ1) is 7.43. The lowest BCUT2D eigenvalue weighted by atomic mass is 9.90. The summed E-state index contributed by atoms with van der Waals surface area (Å²) in [6, 6.07) is 2.11. The zero-order valence-corrected chi connectivity index (χ0v) is 10.9. The second kappa shape index (κ2) is 5.46. The van der Waals surface area contributed by atoms with E-state index in [1.165, 1.54) is 10.4 Å². The maximum Gasteiger partial charge on any atom is 0.309 e. The standard InChI is InChI=1S/C12H19NO2S/c1-9-10(4-7-16-9)8-13-6-5-12(2,3)11(14)15/h4,7,13H,5-6,8H2,1-3H3,(H,14,15). The first kappa shape index (κ1) is 13.2. The summed E-state index contributed by atoms with van der Waals surface area (Å²) in [5, 5.41) is 14.3. The largest absolute Gasteiger partial charge is 0.481 e. The predicted octanol–water partition coefficient (Wildman–Crippen LogP) is 2.65. The Bertz CT molecular complexity index is 358. The molecule has 2 N–H and O–H groups in total. The number of carboxylic acid groups (broad SMARTS) is 1. The van der Waals surface area contributed by atoms with Crippen LogP contribution in [0.5, 0.6) is 0 Å². The fraction of sp³-hybridized carbons (Fsp3) is 0.583. The van der Waals surface area contributed by atoms with Gasteiger partial charge in [0.25, 0.3) is 0 Å². The summed E-state index contributed by atoms with van der Waals surface area (Å²) in [4.78, 5) is 12.2. The van der Waals surface area contributed by atoms with E-state index in [0.717, 1.165) is 13.1 Å². The topological polar surface area (TPSA) is 49.3 Å². The molecule has 0 saturated carbocycles. The molecule has 0 amide bonds. The van der Waals surface area contributed by atoms with Crippen molar-refractivity contribution in [3.63, 3.8) is 0 Å². The SMILES string of the molecule is Cc1sccc1CNCCC(C)(C)C(=O)O. The van der Waals surface area contributed by atoms with Crippen LogP contribution in [0.4, 0.5) is 0 Å². The van der Waals surface area contributed by atoms with Crippen LogP contribution in [0.3, 0.4) is 0 Å². The lowest BCUT2D eigenvalue weighted by Crippen LogP contribution is -2.28. The van der Waals surface area contributed by atoms with Gasteiger partial charge in [-0.15, -0.1) is 11.3 Å². The number of aliphatic carboxylic acids is 1. The van der Waals surface area contributed by atoms with Crippen molar-refractivity contribution in [2.75, 3.05) is 6.54 Å². The van der Waals surface area contributed by atoms with Gasteiger partial charge in [0.2, 0.25) is 0 Å². The van der Waals surface area contributed by atoms with Gasteiger partial charge < -0.3 is 10.4 Å². The minimum absolute atomic E-state index is 0.642. The van der Waals surface area contributed by atoms with Crippen molar-refractivity contribution in [3.8, 4) is 0 Å². The number of thiophene rings is 1. The lowest BCUT2D eigenvalue weighted by molar-refractivity contribution is -0.147. The molecule has 0 aromatic carbocycles. The Balaban J connectivity index is 2.27. The van der Waals surface area contributed by atoms with E-state index in [2.05, 4.69) is 23.7 Å². The number of rotatable bonds is 6. The third kappa shape index (κ3) is 3.61. The predicted molar refractivity (Wildman–Crippen MR) is 66.8 cm³/mol. The summed E-state index contributed by atoms with van der Waals surface area (Å²) >= 11 is 1.74. The second-order valence-electron chi connectivity index (χ2n) is 4.62. The quantitative estimate of drug-likeness (QED) is 0.753. The molecule has 0 spiro atoms. The molecule has 0 atom stereocenters. The minimum Gasteiger partial charge on any atom is -0.481 e. The molecule has 0 radical (unpaired) electrons. The zero-order valence-electron chi connectivity index (χ0n) is 10.0. The molecule has 3 nitrogen and oxygen atoms in total. The second-order valence-corrected chi connectivity index (χ2v) is 5.74. The Morgan fingerprint density at radius 2 is 2.25 bits per heavy atom. The van der Waals surface area contributed by atoms with E-state index >= 15 is 0 Å². The minimum atomic E-state index is -0.735. The third-order valence-corrected chi connectivity index (χ3v) is 3.68. The summed E-state index contributed by atoms with van der Waals surface area (Å²) in [6.07, 6.45) is 0.644. The Kier molecular flexibility index (Phi) is 4.50. The van der Waals surface area contributed by atoms with Crippen molar-refractivity contribution >= 4 is 17.3 Å². The van der Waals surface area contributed by atoms with Crippen molar-refractivity contribution in [1.29, 1.82) is 0 Å². The van der Waals surface area contributed by atoms with E-state index in [-0.39, 0.29) is 0 Å². The Morgan fingerprint density at radius 1 is 1.56 bits per heavy atom. The fourth-order valence-corrected chi connectivity index (χ4v) is 2.05. The highest BCUT2D eigenvalue weighted by molar-refractivity contribution is 7.10. The Hall–Kier alpha value is -0.870. The van der Waals surface area contributed by atoms with Gasteiger partial charge >= 0.3 is 5.97 Å². The third-order valence-electron chi connectivity index (χ3n) is 2.79. The highest BCUT2D eigenvalue weighted by atomic mass is 32.1. The molecule has 0 unspecified atom stereocenters. The summed E-state index contributed by atoms with van der Waals surface area (Å²) in [5.41, 5.74) is 0.662. The molecule has 4 heteroatoms. The molecule has 0 aliphatic carbocycles. The molecule has 1 heterocycles. The van der Waals surface area contributed by atoms with Crippen LogP contribution in [0.2, 0.25) is 0 Å². The van der Waals surface area contributed by atoms with Crippen LogP contribution < -0.4 is 5.32 Å². The van der Waals surface area contributed by atoms with Crippen LogP contribution in [-0.4, -0.2) is 17.6 Å². The van der Waals surface area contributed by atoms with Gasteiger partial charge in [-0.1, -0.05) is 0 Å². The van der Waals surface area contributed by atoms with Gasteiger partial charge in [-0.25, -0.2) is 0 Å². The van der Waals surface area contributed by atoms with Gasteiger partial charge in [0.05, 0.1) is 5.41 Å². The summed E-state index contributed by atoms with van der Waals surface area (Å²) in [5.74, 6) is -0.735. The van der Waals surface area contributed by atoms with Gasteiger partial charge in [0.15, 0.2) is 0 Å². The first-order valence-electron chi connectivity index (χ1n) is 5.40. The lowest BCUT2D eigenvalue weighted by Gasteiger charge is -2.18. The highest BCUT2D eigenvalue weighted by Crippen LogP contribution is 2.19. The van der Waals surface area contributed by atoms with Crippen LogP contribution >= 0.6 is 11.3 Å². The van der Waals surface area contributed by atoms with E-state index in [1.807, 2.05) is 0 Å². The Labute approximate surface area is 100 Å². The average molecular weight is 241 g/mol. The molecule has 1 aromatic rings. The van der Waals surface area contributed by atoms with Gasteiger partial charge in [0.1, 0.15) is 0 Å². The fourth-order valence-electron chi connectivity index (χ4n) is 1.33. The molecule has 1 rings (SSSR count). The molecular formula is C12H19NO2S. The highest BCUT2D eigenvalue weighted by Gasteiger charge is 2.25. The monoisotopic (exact) mass is 241 g/mol. The van der Waals surface area contributed by atoms with Crippen LogP contribution in [0.1, 0.15) is 30.7 Å². The molecule has 0 bridgehead atoms. The molecule has 90 valence electrons. The van der Waals surface area contributed by atoms with Gasteiger partial charge in [0, 0.05) is 11.4 Å². The summed E-state index contributed by atoms with van der Waals surface area (Å²) in [7, 11) is 0. The van der Waals surface area contributed by atoms with Gasteiger partial charge in [-0.3, -0.25) is 4.79 Å². The normalized spacial score (nSPS) is 11.7. The van der Waals surface area contributed by atoms with Crippen molar-refractivity contribution < 1.29 is 9.90 Å². The molecular weight excluding hydrogens is 222 g/mol. The van der Waals surface area contributed by atoms with Crippen LogP contribution in [-0.2, 0) is 11.3 Å². The van der Waals surface area contributed by atoms with E-state index < -0.39 is 11.4 Å². The maximum atomic E-state index is 10.9. The van der Waals surface area contributed by atoms with Crippen LogP contribution in [0.15, 0.2) is 11.4 Å². The van der Waals surface area contributed by atoms with Crippen molar-refractivity contribution in [2.45, 2.75) is 33.7 Å². The van der Waals surface area contributed by atoms with Gasteiger partial charge in [-0.05, 0) is 50.7 Å². The van der Waals surface area contributed by atoms with Crippen molar-refractivity contribution in [2.24, 2.45) is 5.41 Å². The van der Waals surface area contributed by atoms with Crippen molar-refractivity contribution in [1.82, 2.24) is 5.32 Å². The maximum absolute atomic E-state index is 10.9. The number of hydrogen-bond donors (Lipinski definition) is 2. The molecule has 0 saturated heterocycles. The van der Waals surface area contributed by atoms with Gasteiger partial charge in [-0.2, -0.15) is 0 Å². The van der Waals surface area contributed by atoms with E-state index in [4.69, 9.17) is 5.11 Å². The number of nitrogens with one attached hydrogen (secondary N) is 1. The molecule has 0 aliphatic rings. The van der Waals surface area contributed by atoms with Crippen LogP contribution in [0.25, 0.3) is 0 Å². The molecule has 0 aliphatic heterocycles. The number of aryl methyl sites for hydroxylation is 1. The number of carbonyl (C=O) groups is 1. The Morgan fingerprint density at radius 3 is 2.75 bits per heavy atom. The van der Waals surface area contributed by atoms with E-state index in [1.54, 1.807) is 25.2 Å². The zero-order chi connectivity index (χ0) is 12.2. The molecule has 16 heavy (non-hydrogen) atoms. The molecule has 1 aromatic heterocycles. The van der Waals surface area contributed by atoms with Crippen molar-refractivity contribution in [3.05, 3.63) is 21.9 Å². The molecule has 0 fully saturated rings. The number of hydrogen-bond acceptors (Lipinski definition) is 3. The average Bonchev–Trinajstić information content (AvgIpc) is 2.59. The van der Waals surface area contributed by atoms with Crippen LogP contribution in [0, 0.1) is 12.3 Å². The first-order valence-corrected chi connectivity index (χ1v) is 6.28. The smallest absolute Gasteiger partial charge is 0.309 e. The van der Waals surface area contributed by atoms with E-state index in [0.29, 0.717) is 6.42 Å². The van der Waals surface area contributed by atoms with E-state index in [9.17, 15) is 4.79 Å².